The number of hydrogen-bond donors (Lipinski definition) is 2. The summed E-state index contributed by atoms with van der Waals surface area (Å²) in [5.74, 6) is 0.496. The first kappa shape index (κ1) is 20.8. The van der Waals surface area contributed by atoms with Gasteiger partial charge in [-0.3, -0.25) is 9.59 Å². The fraction of sp³-hybridized carbons (Fsp3) is 0.0870. The minimum absolute atomic E-state index is 0.0253. The summed E-state index contributed by atoms with van der Waals surface area (Å²) in [6.45, 7) is 1.53. The zero-order valence-corrected chi connectivity index (χ0v) is 17.5. The molecule has 0 unspecified atom stereocenters. The Bertz CT molecular complexity index is 1020. The molecular formula is C23H20N2O2S2. The van der Waals surface area contributed by atoms with Crippen LogP contribution in [0.15, 0.2) is 83.8 Å². The third kappa shape index (κ3) is 6.27. The van der Waals surface area contributed by atoms with E-state index >= 15 is 0 Å². The lowest BCUT2D eigenvalue weighted by atomic mass is 10.1. The Morgan fingerprint density at radius 1 is 0.828 bits per heavy atom. The predicted molar refractivity (Wildman–Crippen MR) is 124 cm³/mol. The monoisotopic (exact) mass is 420 g/mol. The Morgan fingerprint density at radius 3 is 2.21 bits per heavy atom. The fourth-order valence-electron chi connectivity index (χ4n) is 2.60. The van der Waals surface area contributed by atoms with Gasteiger partial charge < -0.3 is 10.6 Å². The molecule has 4 nitrogen and oxygen atoms in total. The minimum Gasteiger partial charge on any atom is -0.332 e. The molecule has 0 spiro atoms. The quantitative estimate of drug-likeness (QED) is 0.292. The molecule has 3 aromatic rings. The van der Waals surface area contributed by atoms with Crippen LogP contribution in [-0.2, 0) is 0 Å². The van der Waals surface area contributed by atoms with Crippen molar-refractivity contribution in [1.29, 1.82) is 0 Å². The maximum atomic E-state index is 12.3. The van der Waals surface area contributed by atoms with Gasteiger partial charge in [-0.2, -0.15) is 0 Å². The smallest absolute Gasteiger partial charge is 0.175 e. The Labute approximate surface area is 179 Å². The number of hydrogen-bond acceptors (Lipinski definition) is 4. The summed E-state index contributed by atoms with van der Waals surface area (Å²) in [7, 11) is 0. The Morgan fingerprint density at radius 2 is 1.52 bits per heavy atom. The summed E-state index contributed by atoms with van der Waals surface area (Å²) in [4.78, 5) is 24.6. The number of anilines is 2. The van der Waals surface area contributed by atoms with E-state index in [1.165, 1.54) is 18.7 Å². The molecule has 0 aliphatic heterocycles. The molecule has 0 atom stereocenters. The van der Waals surface area contributed by atoms with Gasteiger partial charge in [0.1, 0.15) is 0 Å². The molecule has 146 valence electrons. The van der Waals surface area contributed by atoms with Gasteiger partial charge in [-0.05, 0) is 61.6 Å². The van der Waals surface area contributed by atoms with Crippen molar-refractivity contribution in [1.82, 2.24) is 0 Å². The highest BCUT2D eigenvalue weighted by Gasteiger charge is 2.07. The molecule has 2 N–H and O–H groups in total. The largest absolute Gasteiger partial charge is 0.332 e. The molecule has 0 saturated carbocycles. The van der Waals surface area contributed by atoms with Crippen molar-refractivity contribution >= 4 is 52.0 Å². The molecule has 0 saturated heterocycles. The lowest BCUT2D eigenvalue weighted by molar-refractivity contribution is 0.101. The summed E-state index contributed by atoms with van der Waals surface area (Å²) in [5, 5.41) is 6.69. The van der Waals surface area contributed by atoms with Crippen molar-refractivity contribution in [3.05, 3.63) is 90.0 Å². The molecule has 0 fully saturated rings. The maximum absolute atomic E-state index is 12.3. The summed E-state index contributed by atoms with van der Waals surface area (Å²) in [6.07, 6.45) is 0. The third-order valence-electron chi connectivity index (χ3n) is 4.11. The van der Waals surface area contributed by atoms with Crippen molar-refractivity contribution in [2.24, 2.45) is 0 Å². The van der Waals surface area contributed by atoms with Crippen molar-refractivity contribution in [3.63, 3.8) is 0 Å². The van der Waals surface area contributed by atoms with Crippen LogP contribution < -0.4 is 10.6 Å². The number of Topliss-reactive ketones (excluding diaryl/α,β-unsaturated/α-hetero) is 2. The molecule has 0 bridgehead atoms. The van der Waals surface area contributed by atoms with Crippen LogP contribution in [0, 0.1) is 0 Å². The Kier molecular flexibility index (Phi) is 7.16. The molecule has 0 radical (unpaired) electrons. The Balaban J connectivity index is 1.55. The highest BCUT2D eigenvalue weighted by atomic mass is 32.2. The van der Waals surface area contributed by atoms with Gasteiger partial charge in [0, 0.05) is 27.4 Å². The van der Waals surface area contributed by atoms with E-state index in [0.717, 1.165) is 21.8 Å². The predicted octanol–water partition coefficient (Wildman–Crippen LogP) is 5.67. The van der Waals surface area contributed by atoms with E-state index in [-0.39, 0.29) is 11.6 Å². The van der Waals surface area contributed by atoms with Crippen molar-refractivity contribution < 1.29 is 9.59 Å². The van der Waals surface area contributed by atoms with E-state index in [2.05, 4.69) is 10.6 Å². The van der Waals surface area contributed by atoms with Crippen LogP contribution in [0.3, 0.4) is 0 Å². The van der Waals surface area contributed by atoms with Gasteiger partial charge in [-0.15, -0.1) is 11.8 Å². The summed E-state index contributed by atoms with van der Waals surface area (Å²) in [5.41, 5.74) is 3.01. The molecule has 3 rings (SSSR count). The van der Waals surface area contributed by atoms with Gasteiger partial charge in [0.2, 0.25) is 0 Å². The number of thioether (sulfide) groups is 1. The summed E-state index contributed by atoms with van der Waals surface area (Å²) < 4.78 is 0. The van der Waals surface area contributed by atoms with Crippen molar-refractivity contribution in [3.8, 4) is 0 Å². The van der Waals surface area contributed by atoms with Crippen LogP contribution >= 0.6 is 24.0 Å². The van der Waals surface area contributed by atoms with Gasteiger partial charge in [0.25, 0.3) is 0 Å². The van der Waals surface area contributed by atoms with Gasteiger partial charge in [0.05, 0.1) is 5.75 Å². The average molecular weight is 421 g/mol. The standard InChI is InChI=1S/C23H20N2O2S2/c1-16(26)17-10-12-19(13-11-17)24-23(28)25-20-8-5-9-21(14-20)29-15-22(27)18-6-3-2-4-7-18/h2-14H,15H2,1H3,(H2,24,25,28). The van der Waals surface area contributed by atoms with Gasteiger partial charge >= 0.3 is 0 Å². The number of carbonyl (C=O) groups excluding carboxylic acids is 2. The van der Waals surface area contributed by atoms with Crippen LogP contribution in [0.25, 0.3) is 0 Å². The third-order valence-corrected chi connectivity index (χ3v) is 5.30. The van der Waals surface area contributed by atoms with Gasteiger partial charge in [0.15, 0.2) is 16.7 Å². The van der Waals surface area contributed by atoms with Crippen LogP contribution in [-0.4, -0.2) is 22.4 Å². The molecule has 0 aliphatic carbocycles. The number of thiocarbonyl (C=S) groups is 1. The zero-order chi connectivity index (χ0) is 20.6. The number of rotatable bonds is 7. The highest BCUT2D eigenvalue weighted by molar-refractivity contribution is 8.00. The van der Waals surface area contributed by atoms with Crippen LogP contribution in [0.2, 0.25) is 0 Å². The second-order valence-corrected chi connectivity index (χ2v) is 7.78. The highest BCUT2D eigenvalue weighted by Crippen LogP contribution is 2.23. The molecule has 0 aromatic heterocycles. The van der Waals surface area contributed by atoms with Crippen molar-refractivity contribution in [2.45, 2.75) is 11.8 Å². The second kappa shape index (κ2) is 10.0. The van der Waals surface area contributed by atoms with Crippen LogP contribution in [0.5, 0.6) is 0 Å². The average Bonchev–Trinajstić information content (AvgIpc) is 2.73. The minimum atomic E-state index is 0.0253. The Hall–Kier alpha value is -2.96. The van der Waals surface area contributed by atoms with E-state index < -0.39 is 0 Å². The van der Waals surface area contributed by atoms with E-state index in [0.29, 0.717) is 16.4 Å². The van der Waals surface area contributed by atoms with Gasteiger partial charge in [-0.25, -0.2) is 0 Å². The van der Waals surface area contributed by atoms with Crippen molar-refractivity contribution in [2.75, 3.05) is 16.4 Å². The molecule has 29 heavy (non-hydrogen) atoms. The first-order chi connectivity index (χ1) is 14.0. The topological polar surface area (TPSA) is 58.2 Å². The molecule has 0 amide bonds. The molecule has 0 heterocycles. The zero-order valence-electron chi connectivity index (χ0n) is 15.8. The van der Waals surface area contributed by atoms with E-state index in [4.69, 9.17) is 12.2 Å². The SMILES string of the molecule is CC(=O)c1ccc(NC(=S)Nc2cccc(SCC(=O)c3ccccc3)c2)cc1. The summed E-state index contributed by atoms with van der Waals surface area (Å²) in [6, 6.07) is 24.2. The maximum Gasteiger partial charge on any atom is 0.175 e. The number of carbonyl (C=O) groups is 2. The fourth-order valence-corrected chi connectivity index (χ4v) is 3.69. The van der Waals surface area contributed by atoms with Crippen LogP contribution in [0.4, 0.5) is 11.4 Å². The number of ketones is 2. The first-order valence-corrected chi connectivity index (χ1v) is 10.4. The number of nitrogens with one attached hydrogen (secondary N) is 2. The molecular weight excluding hydrogens is 400 g/mol. The molecule has 0 aliphatic rings. The molecule has 6 heteroatoms. The lowest BCUT2D eigenvalue weighted by Crippen LogP contribution is -2.19. The normalized spacial score (nSPS) is 10.2. The van der Waals surface area contributed by atoms with E-state index in [9.17, 15) is 9.59 Å². The van der Waals surface area contributed by atoms with E-state index in [1.54, 1.807) is 12.1 Å². The summed E-state index contributed by atoms with van der Waals surface area (Å²) >= 11 is 6.85. The second-order valence-electron chi connectivity index (χ2n) is 6.32. The van der Waals surface area contributed by atoms with Crippen LogP contribution in [0.1, 0.15) is 27.6 Å². The number of benzene rings is 3. The van der Waals surface area contributed by atoms with E-state index in [1.807, 2.05) is 66.7 Å². The van der Waals surface area contributed by atoms with Gasteiger partial charge in [-0.1, -0.05) is 36.4 Å². The molecule has 3 aromatic carbocycles. The lowest BCUT2D eigenvalue weighted by Gasteiger charge is -2.12. The first-order valence-electron chi connectivity index (χ1n) is 9.01.